The Bertz CT molecular complexity index is 272. The average Bonchev–Trinajstić information content (AvgIpc) is 2.48. The lowest BCUT2D eigenvalue weighted by molar-refractivity contribution is 0.181. The summed E-state index contributed by atoms with van der Waals surface area (Å²) in [7, 11) is 5.60. The molecule has 0 aliphatic rings. The van der Waals surface area contributed by atoms with E-state index in [1.165, 1.54) is 0 Å². The molecule has 0 atom stereocenters. The van der Waals surface area contributed by atoms with Gasteiger partial charge in [-0.3, -0.25) is 0 Å². The van der Waals surface area contributed by atoms with Gasteiger partial charge in [-0.05, 0) is 0 Å². The summed E-state index contributed by atoms with van der Waals surface area (Å²) in [5.41, 5.74) is 6.55. The average molecular weight is 201 g/mol. The lowest BCUT2D eigenvalue weighted by Crippen LogP contribution is -2.08. The van der Waals surface area contributed by atoms with Crippen LogP contribution in [0, 0.1) is 0 Å². The largest absolute Gasteiger partial charge is 0.378 e. The Hall–Kier alpha value is -0.650. The number of ether oxygens (including phenoxy) is 1. The summed E-state index contributed by atoms with van der Waals surface area (Å²) in [6.45, 7) is 1.07. The number of methoxy groups -OCH3 is 1. The minimum atomic E-state index is 0.532. The van der Waals surface area contributed by atoms with E-state index >= 15 is 0 Å². The molecule has 0 aliphatic carbocycles. The molecule has 1 aromatic heterocycles. The number of thiazole rings is 1. The molecule has 0 unspecified atom stereocenters. The maximum atomic E-state index is 5.59. The molecule has 0 saturated carbocycles. The van der Waals surface area contributed by atoms with Crippen molar-refractivity contribution in [3.05, 3.63) is 10.6 Å². The number of rotatable bonds is 4. The van der Waals surface area contributed by atoms with Gasteiger partial charge in [-0.15, -0.1) is 11.3 Å². The Balaban J connectivity index is 2.90. The fourth-order valence-electron chi connectivity index (χ4n) is 0.970. The number of aromatic nitrogens is 1. The fraction of sp³-hybridized carbons (Fsp3) is 0.625. The molecular weight excluding hydrogens is 186 g/mol. The smallest absolute Gasteiger partial charge is 0.185 e. The Kier molecular flexibility index (Phi) is 3.65. The fourth-order valence-corrected chi connectivity index (χ4v) is 1.83. The second-order valence-electron chi connectivity index (χ2n) is 2.90. The lowest BCUT2D eigenvalue weighted by atomic mass is 10.4. The van der Waals surface area contributed by atoms with Crippen LogP contribution in [0.3, 0.4) is 0 Å². The van der Waals surface area contributed by atoms with Crippen molar-refractivity contribution in [3.8, 4) is 0 Å². The van der Waals surface area contributed by atoms with Gasteiger partial charge < -0.3 is 15.4 Å². The van der Waals surface area contributed by atoms with E-state index in [1.807, 2.05) is 19.0 Å². The number of anilines is 1. The number of hydrogen-bond acceptors (Lipinski definition) is 5. The van der Waals surface area contributed by atoms with Gasteiger partial charge >= 0.3 is 0 Å². The van der Waals surface area contributed by atoms with Crippen LogP contribution in [0.2, 0.25) is 0 Å². The van der Waals surface area contributed by atoms with E-state index in [0.29, 0.717) is 13.2 Å². The summed E-state index contributed by atoms with van der Waals surface area (Å²) in [6, 6.07) is 0. The van der Waals surface area contributed by atoms with Gasteiger partial charge in [0, 0.05) is 32.6 Å². The van der Waals surface area contributed by atoms with Gasteiger partial charge in [-0.2, -0.15) is 0 Å². The van der Waals surface area contributed by atoms with Crippen molar-refractivity contribution in [2.75, 3.05) is 26.1 Å². The Morgan fingerprint density at radius 1 is 1.54 bits per heavy atom. The first-order valence-electron chi connectivity index (χ1n) is 4.04. The SMILES string of the molecule is COCc1nc(N(C)C)sc1CN. The molecule has 5 heteroatoms. The summed E-state index contributed by atoms with van der Waals surface area (Å²) in [5, 5.41) is 0.979. The summed E-state index contributed by atoms with van der Waals surface area (Å²) in [5.74, 6) is 0. The summed E-state index contributed by atoms with van der Waals surface area (Å²) in [6.07, 6.45) is 0. The van der Waals surface area contributed by atoms with Crippen molar-refractivity contribution in [3.63, 3.8) is 0 Å². The standard InChI is InChI=1S/C8H15N3OS/c1-11(2)8-10-6(5-12-3)7(4-9)13-8/h4-5,9H2,1-3H3. The van der Waals surface area contributed by atoms with Crippen molar-refractivity contribution in [2.24, 2.45) is 5.73 Å². The molecule has 13 heavy (non-hydrogen) atoms. The van der Waals surface area contributed by atoms with Crippen LogP contribution in [0.25, 0.3) is 0 Å². The first kappa shape index (κ1) is 10.4. The van der Waals surface area contributed by atoms with E-state index in [4.69, 9.17) is 10.5 Å². The van der Waals surface area contributed by atoms with Crippen LogP contribution in [-0.4, -0.2) is 26.2 Å². The Morgan fingerprint density at radius 3 is 2.69 bits per heavy atom. The molecule has 74 valence electrons. The summed E-state index contributed by atoms with van der Waals surface area (Å²) < 4.78 is 5.03. The zero-order valence-electron chi connectivity index (χ0n) is 8.20. The second-order valence-corrected chi connectivity index (χ2v) is 3.96. The van der Waals surface area contributed by atoms with Crippen LogP contribution >= 0.6 is 11.3 Å². The number of nitrogens with two attached hydrogens (primary N) is 1. The van der Waals surface area contributed by atoms with Crippen molar-refractivity contribution in [1.29, 1.82) is 0 Å². The first-order chi connectivity index (χ1) is 6.19. The summed E-state index contributed by atoms with van der Waals surface area (Å²) in [4.78, 5) is 7.49. The van der Waals surface area contributed by atoms with E-state index < -0.39 is 0 Å². The third kappa shape index (κ3) is 2.40. The van der Waals surface area contributed by atoms with Gasteiger partial charge in [0.05, 0.1) is 12.3 Å². The maximum Gasteiger partial charge on any atom is 0.185 e. The molecule has 0 aliphatic heterocycles. The molecule has 0 spiro atoms. The topological polar surface area (TPSA) is 51.4 Å². The molecule has 0 radical (unpaired) electrons. The number of nitrogens with zero attached hydrogens (tertiary/aromatic N) is 2. The Labute approximate surface area is 82.3 Å². The predicted octanol–water partition coefficient (Wildman–Crippen LogP) is 0.814. The molecule has 1 aromatic rings. The molecule has 1 heterocycles. The highest BCUT2D eigenvalue weighted by atomic mass is 32.1. The quantitative estimate of drug-likeness (QED) is 0.783. The lowest BCUT2D eigenvalue weighted by Gasteiger charge is -2.05. The molecule has 0 bridgehead atoms. The molecule has 2 N–H and O–H groups in total. The molecule has 0 amide bonds. The normalized spacial score (nSPS) is 10.5. The minimum Gasteiger partial charge on any atom is -0.378 e. The monoisotopic (exact) mass is 201 g/mol. The molecule has 4 nitrogen and oxygen atoms in total. The van der Waals surface area contributed by atoms with E-state index in [2.05, 4.69) is 4.98 Å². The predicted molar refractivity (Wildman–Crippen MR) is 55.0 cm³/mol. The molecule has 0 saturated heterocycles. The third-order valence-corrected chi connectivity index (χ3v) is 2.90. The van der Waals surface area contributed by atoms with Gasteiger partial charge in [0.25, 0.3) is 0 Å². The van der Waals surface area contributed by atoms with Gasteiger partial charge in [0.1, 0.15) is 0 Å². The molecule has 1 rings (SSSR count). The maximum absolute atomic E-state index is 5.59. The highest BCUT2D eigenvalue weighted by Crippen LogP contribution is 2.24. The second kappa shape index (κ2) is 4.55. The van der Waals surface area contributed by atoms with Crippen LogP contribution < -0.4 is 10.6 Å². The van der Waals surface area contributed by atoms with E-state index in [0.717, 1.165) is 15.7 Å². The molecule has 0 aromatic carbocycles. The third-order valence-electron chi connectivity index (χ3n) is 1.62. The van der Waals surface area contributed by atoms with Crippen LogP contribution in [-0.2, 0) is 17.9 Å². The van der Waals surface area contributed by atoms with Crippen molar-refractivity contribution in [2.45, 2.75) is 13.2 Å². The van der Waals surface area contributed by atoms with Crippen LogP contribution in [0.4, 0.5) is 5.13 Å². The van der Waals surface area contributed by atoms with Gasteiger partial charge in [-0.1, -0.05) is 0 Å². The van der Waals surface area contributed by atoms with Crippen molar-refractivity contribution in [1.82, 2.24) is 4.98 Å². The Morgan fingerprint density at radius 2 is 2.23 bits per heavy atom. The van der Waals surface area contributed by atoms with E-state index in [-0.39, 0.29) is 0 Å². The van der Waals surface area contributed by atoms with Gasteiger partial charge in [-0.25, -0.2) is 4.98 Å². The van der Waals surface area contributed by atoms with Gasteiger partial charge in [0.2, 0.25) is 0 Å². The van der Waals surface area contributed by atoms with Crippen LogP contribution in [0.15, 0.2) is 0 Å². The molecular formula is C8H15N3OS. The zero-order valence-corrected chi connectivity index (χ0v) is 9.02. The minimum absolute atomic E-state index is 0.532. The highest BCUT2D eigenvalue weighted by Gasteiger charge is 2.10. The van der Waals surface area contributed by atoms with Crippen molar-refractivity contribution >= 4 is 16.5 Å². The van der Waals surface area contributed by atoms with E-state index in [1.54, 1.807) is 18.4 Å². The molecule has 0 fully saturated rings. The summed E-state index contributed by atoms with van der Waals surface area (Å²) >= 11 is 1.62. The number of hydrogen-bond donors (Lipinski definition) is 1. The zero-order chi connectivity index (χ0) is 9.84. The van der Waals surface area contributed by atoms with Crippen molar-refractivity contribution < 1.29 is 4.74 Å². The van der Waals surface area contributed by atoms with Gasteiger partial charge in [0.15, 0.2) is 5.13 Å². The van der Waals surface area contributed by atoms with Crippen LogP contribution in [0.1, 0.15) is 10.6 Å². The van der Waals surface area contributed by atoms with E-state index in [9.17, 15) is 0 Å². The highest BCUT2D eigenvalue weighted by molar-refractivity contribution is 7.15. The van der Waals surface area contributed by atoms with Crippen LogP contribution in [0.5, 0.6) is 0 Å². The first-order valence-corrected chi connectivity index (χ1v) is 4.85.